The molecule has 0 saturated carbocycles. The number of sulfonamides is 1. The molecule has 3 heterocycles. The standard InChI is InChI=1S/C13H20N2O2S3/c1-18-12-10-15(9-11(12)14-6-2-3-7-14)20(16,17)13-5-4-8-19-13/h4-5,8,11-12H,2-3,6-7,9-10H2,1H3/t11-,12-/m0/s1. The largest absolute Gasteiger partial charge is 0.298 e. The van der Waals surface area contributed by atoms with Crippen LogP contribution < -0.4 is 0 Å². The Morgan fingerprint density at radius 1 is 1.30 bits per heavy atom. The lowest BCUT2D eigenvalue weighted by Gasteiger charge is -2.27. The second-order valence-electron chi connectivity index (χ2n) is 5.34. The maximum Gasteiger partial charge on any atom is 0.252 e. The molecule has 20 heavy (non-hydrogen) atoms. The molecule has 0 bridgehead atoms. The molecule has 3 rings (SSSR count). The first kappa shape index (κ1) is 14.8. The highest BCUT2D eigenvalue weighted by Gasteiger charge is 2.42. The van der Waals surface area contributed by atoms with E-state index >= 15 is 0 Å². The van der Waals surface area contributed by atoms with Crippen LogP contribution in [0.15, 0.2) is 21.7 Å². The van der Waals surface area contributed by atoms with Crippen molar-refractivity contribution in [3.05, 3.63) is 17.5 Å². The van der Waals surface area contributed by atoms with E-state index in [4.69, 9.17) is 0 Å². The first-order valence-electron chi connectivity index (χ1n) is 6.93. The van der Waals surface area contributed by atoms with E-state index in [2.05, 4.69) is 11.2 Å². The lowest BCUT2D eigenvalue weighted by atomic mass is 10.2. The quantitative estimate of drug-likeness (QED) is 0.845. The maximum atomic E-state index is 12.6. The molecule has 2 aliphatic heterocycles. The fraction of sp³-hybridized carbons (Fsp3) is 0.692. The molecule has 112 valence electrons. The van der Waals surface area contributed by atoms with E-state index < -0.39 is 10.0 Å². The Bertz CT molecular complexity index is 538. The van der Waals surface area contributed by atoms with Crippen molar-refractivity contribution >= 4 is 33.1 Å². The van der Waals surface area contributed by atoms with Crippen LogP contribution in [0.3, 0.4) is 0 Å². The fourth-order valence-electron chi connectivity index (χ4n) is 3.11. The smallest absolute Gasteiger partial charge is 0.252 e. The molecular formula is C13H20N2O2S3. The van der Waals surface area contributed by atoms with Crippen LogP contribution in [0.25, 0.3) is 0 Å². The Balaban J connectivity index is 1.79. The average Bonchev–Trinajstić information content (AvgIpc) is 3.18. The van der Waals surface area contributed by atoms with E-state index in [1.165, 1.54) is 24.2 Å². The Morgan fingerprint density at radius 2 is 2.05 bits per heavy atom. The van der Waals surface area contributed by atoms with Crippen LogP contribution in [0.5, 0.6) is 0 Å². The summed E-state index contributed by atoms with van der Waals surface area (Å²) in [6.07, 6.45) is 4.58. The van der Waals surface area contributed by atoms with Crippen molar-refractivity contribution in [1.82, 2.24) is 9.21 Å². The molecule has 4 nitrogen and oxygen atoms in total. The first-order chi connectivity index (χ1) is 9.63. The molecule has 0 spiro atoms. The minimum absolute atomic E-state index is 0.377. The summed E-state index contributed by atoms with van der Waals surface area (Å²) in [6.45, 7) is 3.53. The second-order valence-corrected chi connectivity index (χ2v) is 9.53. The molecule has 0 aromatic carbocycles. The van der Waals surface area contributed by atoms with Gasteiger partial charge in [0.15, 0.2) is 0 Å². The van der Waals surface area contributed by atoms with Gasteiger partial charge in [-0.25, -0.2) is 8.42 Å². The molecule has 2 saturated heterocycles. The second kappa shape index (κ2) is 5.96. The maximum absolute atomic E-state index is 12.6. The Morgan fingerprint density at radius 3 is 2.65 bits per heavy atom. The normalized spacial score (nSPS) is 29.2. The summed E-state index contributed by atoms with van der Waals surface area (Å²) in [6, 6.07) is 3.89. The molecule has 0 aliphatic carbocycles. The number of thiophene rings is 1. The topological polar surface area (TPSA) is 40.6 Å². The van der Waals surface area contributed by atoms with E-state index in [1.807, 2.05) is 5.38 Å². The lowest BCUT2D eigenvalue weighted by Crippen LogP contribution is -2.40. The van der Waals surface area contributed by atoms with Gasteiger partial charge in [-0.05, 0) is 43.6 Å². The van der Waals surface area contributed by atoms with Gasteiger partial charge in [0.05, 0.1) is 0 Å². The van der Waals surface area contributed by atoms with E-state index in [0.29, 0.717) is 28.6 Å². The molecular weight excluding hydrogens is 312 g/mol. The summed E-state index contributed by atoms with van der Waals surface area (Å²) in [5.41, 5.74) is 0. The van der Waals surface area contributed by atoms with Gasteiger partial charge in [0.25, 0.3) is 10.0 Å². The van der Waals surface area contributed by atoms with Gasteiger partial charge in [0.1, 0.15) is 4.21 Å². The van der Waals surface area contributed by atoms with Gasteiger partial charge < -0.3 is 0 Å². The van der Waals surface area contributed by atoms with Crippen LogP contribution in [0.2, 0.25) is 0 Å². The molecule has 0 unspecified atom stereocenters. The predicted molar refractivity (Wildman–Crippen MR) is 85.0 cm³/mol. The summed E-state index contributed by atoms with van der Waals surface area (Å²) >= 11 is 3.11. The van der Waals surface area contributed by atoms with Crippen molar-refractivity contribution in [2.24, 2.45) is 0 Å². The summed E-state index contributed by atoms with van der Waals surface area (Å²) < 4.78 is 27.4. The number of rotatable bonds is 4. The molecule has 2 aliphatic rings. The van der Waals surface area contributed by atoms with E-state index in [0.717, 1.165) is 13.1 Å². The van der Waals surface area contributed by atoms with Crippen molar-refractivity contribution in [3.63, 3.8) is 0 Å². The molecule has 1 aromatic rings. The molecule has 7 heteroatoms. The van der Waals surface area contributed by atoms with Crippen LogP contribution in [0.4, 0.5) is 0 Å². The fourth-order valence-corrected chi connectivity index (χ4v) is 6.74. The zero-order valence-electron chi connectivity index (χ0n) is 11.6. The minimum Gasteiger partial charge on any atom is -0.298 e. The van der Waals surface area contributed by atoms with Crippen molar-refractivity contribution < 1.29 is 8.42 Å². The third kappa shape index (κ3) is 2.66. The molecule has 2 atom stereocenters. The predicted octanol–water partition coefficient (Wildman–Crippen LogP) is 1.95. The van der Waals surface area contributed by atoms with Crippen LogP contribution in [0.1, 0.15) is 12.8 Å². The number of hydrogen-bond acceptors (Lipinski definition) is 5. The zero-order chi connectivity index (χ0) is 14.2. The van der Waals surface area contributed by atoms with Crippen molar-refractivity contribution in [2.45, 2.75) is 28.3 Å². The summed E-state index contributed by atoms with van der Waals surface area (Å²) in [4.78, 5) is 2.48. The number of thioether (sulfide) groups is 1. The molecule has 2 fully saturated rings. The zero-order valence-corrected chi connectivity index (χ0v) is 14.0. The Labute approximate surface area is 129 Å². The highest BCUT2D eigenvalue weighted by atomic mass is 32.2. The highest BCUT2D eigenvalue weighted by Crippen LogP contribution is 2.32. The summed E-state index contributed by atoms with van der Waals surface area (Å²) in [7, 11) is -3.29. The summed E-state index contributed by atoms with van der Waals surface area (Å²) in [5, 5.41) is 2.22. The third-order valence-corrected chi connectivity index (χ3v) is 8.48. The van der Waals surface area contributed by atoms with Crippen LogP contribution in [0, 0.1) is 0 Å². The van der Waals surface area contributed by atoms with Gasteiger partial charge in [0, 0.05) is 24.4 Å². The lowest BCUT2D eigenvalue weighted by molar-refractivity contribution is 0.254. The highest BCUT2D eigenvalue weighted by molar-refractivity contribution is 7.99. The molecule has 0 radical (unpaired) electrons. The molecule has 0 amide bonds. The monoisotopic (exact) mass is 332 g/mol. The number of nitrogens with zero attached hydrogens (tertiary/aromatic N) is 2. The van der Waals surface area contributed by atoms with Gasteiger partial charge in [-0.15, -0.1) is 11.3 Å². The molecule has 0 N–H and O–H groups in total. The van der Waals surface area contributed by atoms with Gasteiger partial charge >= 0.3 is 0 Å². The van der Waals surface area contributed by atoms with Crippen molar-refractivity contribution in [2.75, 3.05) is 32.4 Å². The van der Waals surface area contributed by atoms with Crippen LogP contribution in [-0.2, 0) is 10.0 Å². The Kier molecular flexibility index (Phi) is 4.42. The van der Waals surface area contributed by atoms with Gasteiger partial charge in [-0.2, -0.15) is 16.1 Å². The van der Waals surface area contributed by atoms with Crippen LogP contribution in [-0.4, -0.2) is 61.3 Å². The van der Waals surface area contributed by atoms with Crippen molar-refractivity contribution in [1.29, 1.82) is 0 Å². The van der Waals surface area contributed by atoms with E-state index in [1.54, 1.807) is 28.2 Å². The SMILES string of the molecule is CS[C@H]1CN(S(=O)(=O)c2cccs2)C[C@@H]1N1CCCC1. The number of hydrogen-bond donors (Lipinski definition) is 0. The number of likely N-dealkylation sites (tertiary alicyclic amines) is 1. The minimum atomic E-state index is -3.29. The molecule has 1 aromatic heterocycles. The van der Waals surface area contributed by atoms with E-state index in [-0.39, 0.29) is 0 Å². The third-order valence-electron chi connectivity index (χ3n) is 4.21. The van der Waals surface area contributed by atoms with E-state index in [9.17, 15) is 8.42 Å². The first-order valence-corrected chi connectivity index (χ1v) is 10.5. The van der Waals surface area contributed by atoms with Gasteiger partial charge in [0.2, 0.25) is 0 Å². The van der Waals surface area contributed by atoms with Crippen LogP contribution >= 0.6 is 23.1 Å². The van der Waals surface area contributed by atoms with Crippen molar-refractivity contribution in [3.8, 4) is 0 Å². The van der Waals surface area contributed by atoms with Gasteiger partial charge in [-0.3, -0.25) is 4.90 Å². The Hall–Kier alpha value is -0.0800. The van der Waals surface area contributed by atoms with Gasteiger partial charge in [-0.1, -0.05) is 6.07 Å². The summed E-state index contributed by atoms with van der Waals surface area (Å²) in [5.74, 6) is 0. The average molecular weight is 333 g/mol.